The van der Waals surface area contributed by atoms with Gasteiger partial charge in [-0.3, -0.25) is 0 Å². The van der Waals surface area contributed by atoms with Gasteiger partial charge >= 0.3 is 0 Å². The van der Waals surface area contributed by atoms with Crippen molar-refractivity contribution in [3.63, 3.8) is 0 Å². The number of sulfonamides is 1. The molecule has 6 nitrogen and oxygen atoms in total. The summed E-state index contributed by atoms with van der Waals surface area (Å²) >= 11 is 0. The largest absolute Gasteiger partial charge is 0.336 e. The quantitative estimate of drug-likeness (QED) is 0.833. The van der Waals surface area contributed by atoms with E-state index >= 15 is 0 Å². The van der Waals surface area contributed by atoms with Crippen molar-refractivity contribution in [3.05, 3.63) is 48.0 Å². The average Bonchev–Trinajstić information content (AvgIpc) is 2.90. The van der Waals surface area contributed by atoms with Crippen molar-refractivity contribution in [3.8, 4) is 0 Å². The third-order valence-corrected chi connectivity index (χ3v) is 5.04. The maximum Gasteiger partial charge on any atom is 0.241 e. The molecule has 3 N–H and O–H groups in total. The number of imidazole rings is 1. The normalized spacial score (nSPS) is 13.3. The summed E-state index contributed by atoms with van der Waals surface area (Å²) in [5.41, 5.74) is 7.16. The Morgan fingerprint density at radius 2 is 2.19 bits per heavy atom. The molecule has 0 saturated carbocycles. The fourth-order valence-corrected chi connectivity index (χ4v) is 3.77. The molecular weight excluding hydrogens is 288 g/mol. The van der Waals surface area contributed by atoms with E-state index < -0.39 is 10.0 Å². The lowest BCUT2D eigenvalue weighted by Crippen LogP contribution is -2.35. The first-order chi connectivity index (χ1) is 9.94. The number of benzene rings is 1. The molecule has 114 valence electrons. The van der Waals surface area contributed by atoms with Crippen LogP contribution in [0.15, 0.2) is 41.8 Å². The molecule has 0 fully saturated rings. The lowest BCUT2D eigenvalue weighted by molar-refractivity contribution is 0.520. The summed E-state index contributed by atoms with van der Waals surface area (Å²) < 4.78 is 29.5. The average molecular weight is 308 g/mol. The van der Waals surface area contributed by atoms with Crippen LogP contribution in [0.2, 0.25) is 0 Å². The Bertz CT molecular complexity index is 696. The van der Waals surface area contributed by atoms with Gasteiger partial charge in [-0.1, -0.05) is 12.1 Å². The van der Waals surface area contributed by atoms with Gasteiger partial charge in [-0.2, -0.15) is 0 Å². The standard InChI is InChI=1S/C14H20N4O2S/c1-11(9-18-7-6-16-10-18)17-21(19,20)14-5-3-4-13(8-15)12(14)2/h3-7,10-11,17H,8-9,15H2,1-2H3. The van der Waals surface area contributed by atoms with Crippen LogP contribution in [0.25, 0.3) is 0 Å². The topological polar surface area (TPSA) is 90.0 Å². The van der Waals surface area contributed by atoms with Gasteiger partial charge in [-0.15, -0.1) is 0 Å². The summed E-state index contributed by atoms with van der Waals surface area (Å²) in [7, 11) is -3.57. The molecule has 21 heavy (non-hydrogen) atoms. The molecule has 1 aromatic carbocycles. The van der Waals surface area contributed by atoms with E-state index in [0.29, 0.717) is 18.7 Å². The zero-order chi connectivity index (χ0) is 15.5. The van der Waals surface area contributed by atoms with Gasteiger partial charge in [0, 0.05) is 31.5 Å². The van der Waals surface area contributed by atoms with Crippen molar-refractivity contribution < 1.29 is 8.42 Å². The summed E-state index contributed by atoms with van der Waals surface area (Å²) in [5.74, 6) is 0. The van der Waals surface area contributed by atoms with Crippen molar-refractivity contribution >= 4 is 10.0 Å². The van der Waals surface area contributed by atoms with Crippen LogP contribution < -0.4 is 10.5 Å². The first-order valence-electron chi connectivity index (χ1n) is 6.70. The summed E-state index contributed by atoms with van der Waals surface area (Å²) in [6, 6.07) is 4.90. The molecule has 1 unspecified atom stereocenters. The fraction of sp³-hybridized carbons (Fsp3) is 0.357. The highest BCUT2D eigenvalue weighted by Gasteiger charge is 2.20. The van der Waals surface area contributed by atoms with E-state index in [-0.39, 0.29) is 10.9 Å². The third-order valence-electron chi connectivity index (χ3n) is 3.31. The smallest absolute Gasteiger partial charge is 0.241 e. The second-order valence-electron chi connectivity index (χ2n) is 5.03. The maximum absolute atomic E-state index is 12.5. The molecule has 0 aliphatic heterocycles. The summed E-state index contributed by atoms with van der Waals surface area (Å²) in [6.45, 7) is 4.44. The predicted molar refractivity (Wildman–Crippen MR) is 81.1 cm³/mol. The van der Waals surface area contributed by atoms with Crippen LogP contribution in [0.4, 0.5) is 0 Å². The zero-order valence-electron chi connectivity index (χ0n) is 12.2. The number of nitrogens with zero attached hydrogens (tertiary/aromatic N) is 2. The molecule has 0 amide bonds. The zero-order valence-corrected chi connectivity index (χ0v) is 13.0. The van der Waals surface area contributed by atoms with Gasteiger partial charge in [0.15, 0.2) is 0 Å². The van der Waals surface area contributed by atoms with Crippen LogP contribution >= 0.6 is 0 Å². The summed E-state index contributed by atoms with van der Waals surface area (Å²) in [6.07, 6.45) is 5.12. The van der Waals surface area contributed by atoms with Crippen molar-refractivity contribution in [2.75, 3.05) is 0 Å². The molecule has 0 aliphatic carbocycles. The van der Waals surface area contributed by atoms with E-state index in [4.69, 9.17) is 5.73 Å². The van der Waals surface area contributed by atoms with Crippen molar-refractivity contribution in [1.29, 1.82) is 0 Å². The summed E-state index contributed by atoms with van der Waals surface area (Å²) in [5, 5.41) is 0. The molecule has 2 aromatic rings. The van der Waals surface area contributed by atoms with Gasteiger partial charge in [-0.25, -0.2) is 18.1 Å². The van der Waals surface area contributed by atoms with Gasteiger partial charge in [-0.05, 0) is 31.0 Å². The second-order valence-corrected chi connectivity index (χ2v) is 6.71. The second kappa shape index (κ2) is 6.38. The van der Waals surface area contributed by atoms with Crippen LogP contribution in [-0.2, 0) is 23.1 Å². The number of nitrogens with two attached hydrogens (primary N) is 1. The van der Waals surface area contributed by atoms with Gasteiger partial charge in [0.25, 0.3) is 0 Å². The fourth-order valence-electron chi connectivity index (χ4n) is 2.25. The van der Waals surface area contributed by atoms with E-state index in [9.17, 15) is 8.42 Å². The Morgan fingerprint density at radius 3 is 2.81 bits per heavy atom. The van der Waals surface area contributed by atoms with Gasteiger partial charge in [0.05, 0.1) is 11.2 Å². The molecule has 0 spiro atoms. The minimum atomic E-state index is -3.57. The number of nitrogens with one attached hydrogen (secondary N) is 1. The van der Waals surface area contributed by atoms with E-state index in [1.54, 1.807) is 37.8 Å². The lowest BCUT2D eigenvalue weighted by atomic mass is 10.1. The minimum absolute atomic E-state index is 0.245. The molecule has 2 rings (SSSR count). The van der Waals surface area contributed by atoms with Crippen LogP contribution in [0, 0.1) is 6.92 Å². The van der Waals surface area contributed by atoms with Gasteiger partial charge in [0.2, 0.25) is 10.0 Å². The van der Waals surface area contributed by atoms with Gasteiger partial charge < -0.3 is 10.3 Å². The molecule has 7 heteroatoms. The summed E-state index contributed by atoms with van der Waals surface area (Å²) in [4.78, 5) is 4.22. The molecular formula is C14H20N4O2S. The maximum atomic E-state index is 12.5. The molecule has 0 aliphatic rings. The number of aromatic nitrogens is 2. The van der Waals surface area contributed by atoms with Crippen LogP contribution in [-0.4, -0.2) is 24.0 Å². The third kappa shape index (κ3) is 3.69. The lowest BCUT2D eigenvalue weighted by Gasteiger charge is -2.17. The predicted octanol–water partition coefficient (Wildman–Crippen LogP) is 1.02. The van der Waals surface area contributed by atoms with Crippen molar-refractivity contribution in [2.24, 2.45) is 5.73 Å². The first-order valence-corrected chi connectivity index (χ1v) is 8.19. The van der Waals surface area contributed by atoms with E-state index in [0.717, 1.165) is 5.56 Å². The molecule has 1 heterocycles. The van der Waals surface area contributed by atoms with Gasteiger partial charge in [0.1, 0.15) is 0 Å². The number of hydrogen-bond donors (Lipinski definition) is 2. The SMILES string of the molecule is Cc1c(CN)cccc1S(=O)(=O)NC(C)Cn1ccnc1. The highest BCUT2D eigenvalue weighted by Crippen LogP contribution is 2.18. The molecule has 1 atom stereocenters. The Morgan fingerprint density at radius 1 is 1.43 bits per heavy atom. The van der Waals surface area contributed by atoms with Crippen LogP contribution in [0.5, 0.6) is 0 Å². The molecule has 1 aromatic heterocycles. The monoisotopic (exact) mass is 308 g/mol. The van der Waals surface area contributed by atoms with E-state index in [1.807, 2.05) is 17.6 Å². The first kappa shape index (κ1) is 15.7. The van der Waals surface area contributed by atoms with Crippen LogP contribution in [0.3, 0.4) is 0 Å². The molecule has 0 radical (unpaired) electrons. The Kier molecular flexibility index (Phi) is 4.76. The number of hydrogen-bond acceptors (Lipinski definition) is 4. The minimum Gasteiger partial charge on any atom is -0.336 e. The Hall–Kier alpha value is -1.70. The Labute approximate surface area is 125 Å². The molecule has 0 saturated heterocycles. The molecule has 0 bridgehead atoms. The van der Waals surface area contributed by atoms with Crippen molar-refractivity contribution in [2.45, 2.75) is 37.9 Å². The highest BCUT2D eigenvalue weighted by molar-refractivity contribution is 7.89. The van der Waals surface area contributed by atoms with E-state index in [2.05, 4.69) is 9.71 Å². The highest BCUT2D eigenvalue weighted by atomic mass is 32.2. The Balaban J connectivity index is 2.18. The number of rotatable bonds is 6. The van der Waals surface area contributed by atoms with Crippen molar-refractivity contribution in [1.82, 2.24) is 14.3 Å². The van der Waals surface area contributed by atoms with E-state index in [1.165, 1.54) is 0 Å². The van der Waals surface area contributed by atoms with Crippen LogP contribution in [0.1, 0.15) is 18.1 Å².